The molecule has 0 atom stereocenters. The lowest BCUT2D eigenvalue weighted by atomic mass is 10.2. The number of carbonyl (C=O) groups excluding carboxylic acids is 1. The highest BCUT2D eigenvalue weighted by molar-refractivity contribution is 9.10. The van der Waals surface area contributed by atoms with Gasteiger partial charge in [0, 0.05) is 43.5 Å². The number of hydrogen-bond donors (Lipinski definition) is 2. The van der Waals surface area contributed by atoms with E-state index in [1.165, 1.54) is 31.5 Å². The van der Waals surface area contributed by atoms with Crippen LogP contribution in [0.4, 0.5) is 8.78 Å². The Morgan fingerprint density at radius 1 is 1.36 bits per heavy atom. The zero-order valence-electron chi connectivity index (χ0n) is 14.9. The van der Waals surface area contributed by atoms with Crippen molar-refractivity contribution in [2.45, 2.75) is 17.9 Å². The number of hydrogen-bond acceptors (Lipinski definition) is 5. The zero-order chi connectivity index (χ0) is 20.7. The van der Waals surface area contributed by atoms with E-state index in [0.717, 1.165) is 6.20 Å². The maximum atomic E-state index is 12.8. The molecule has 0 bridgehead atoms. The van der Waals surface area contributed by atoms with Crippen LogP contribution in [0.15, 0.2) is 40.0 Å². The highest BCUT2D eigenvalue weighted by atomic mass is 79.9. The van der Waals surface area contributed by atoms with Crippen LogP contribution < -0.4 is 10.0 Å². The Morgan fingerprint density at radius 3 is 2.79 bits per heavy atom. The quantitative estimate of drug-likeness (QED) is 0.505. The monoisotopic (exact) mass is 480 g/mol. The minimum absolute atomic E-state index is 0.0536. The smallest absolute Gasteiger partial charge is 0.319 e. The molecule has 1 aromatic carbocycles. The van der Waals surface area contributed by atoms with Gasteiger partial charge < -0.3 is 10.1 Å². The van der Waals surface area contributed by atoms with Gasteiger partial charge in [0.2, 0.25) is 10.0 Å². The number of ether oxygens (including phenoxy) is 1. The van der Waals surface area contributed by atoms with Gasteiger partial charge in [-0.05, 0) is 34.1 Å². The summed E-state index contributed by atoms with van der Waals surface area (Å²) in [6.45, 7) is -2.36. The number of aromatic nitrogens is 2. The molecule has 8 nitrogen and oxygen atoms in total. The number of carbonyl (C=O) groups is 1. The van der Waals surface area contributed by atoms with Crippen LogP contribution >= 0.6 is 15.9 Å². The van der Waals surface area contributed by atoms with Gasteiger partial charge >= 0.3 is 6.55 Å². The van der Waals surface area contributed by atoms with E-state index in [1.807, 2.05) is 0 Å². The normalized spacial score (nSPS) is 11.8. The SMILES string of the molecule is COCCNS(=O)(=O)c1ccc(Br)c(C(=O)NCCc2nccn2C(F)F)c1. The molecule has 0 aliphatic carbocycles. The molecule has 12 heteroatoms. The van der Waals surface area contributed by atoms with Crippen molar-refractivity contribution in [3.05, 3.63) is 46.5 Å². The lowest BCUT2D eigenvalue weighted by Crippen LogP contribution is -2.29. The largest absolute Gasteiger partial charge is 0.383 e. The molecular formula is C16H19BrF2N4O4S. The van der Waals surface area contributed by atoms with Crippen molar-refractivity contribution in [1.82, 2.24) is 19.6 Å². The first kappa shape index (κ1) is 22.4. The fraction of sp³-hybridized carbons (Fsp3) is 0.375. The fourth-order valence-electron chi connectivity index (χ4n) is 2.31. The molecule has 154 valence electrons. The summed E-state index contributed by atoms with van der Waals surface area (Å²) in [6, 6.07) is 4.04. The number of nitrogens with one attached hydrogen (secondary N) is 2. The van der Waals surface area contributed by atoms with E-state index in [2.05, 4.69) is 31.0 Å². The zero-order valence-corrected chi connectivity index (χ0v) is 17.3. The molecule has 0 aliphatic heterocycles. The topological polar surface area (TPSA) is 102 Å². The molecule has 0 radical (unpaired) electrons. The summed E-state index contributed by atoms with van der Waals surface area (Å²) in [7, 11) is -2.36. The Kier molecular flexibility index (Phi) is 8.04. The average molecular weight is 481 g/mol. The van der Waals surface area contributed by atoms with Gasteiger partial charge in [0.1, 0.15) is 5.82 Å². The van der Waals surface area contributed by atoms with Gasteiger partial charge in [0.05, 0.1) is 17.1 Å². The number of imidazole rings is 1. The highest BCUT2D eigenvalue weighted by Crippen LogP contribution is 2.21. The van der Waals surface area contributed by atoms with Crippen LogP contribution in [0.2, 0.25) is 0 Å². The van der Waals surface area contributed by atoms with Crippen LogP contribution in [0.25, 0.3) is 0 Å². The van der Waals surface area contributed by atoms with Gasteiger partial charge in [0.25, 0.3) is 5.91 Å². The van der Waals surface area contributed by atoms with E-state index >= 15 is 0 Å². The van der Waals surface area contributed by atoms with E-state index in [0.29, 0.717) is 9.04 Å². The predicted octanol–water partition coefficient (Wildman–Crippen LogP) is 1.94. The van der Waals surface area contributed by atoms with E-state index in [9.17, 15) is 22.0 Å². The van der Waals surface area contributed by atoms with Crippen LogP contribution in [-0.2, 0) is 21.2 Å². The minimum atomic E-state index is -3.80. The van der Waals surface area contributed by atoms with Gasteiger partial charge in [-0.15, -0.1) is 0 Å². The first-order valence-electron chi connectivity index (χ1n) is 8.12. The molecule has 1 aromatic heterocycles. The molecule has 0 unspecified atom stereocenters. The van der Waals surface area contributed by atoms with Crippen LogP contribution in [-0.4, -0.2) is 50.7 Å². The predicted molar refractivity (Wildman–Crippen MR) is 101 cm³/mol. The number of nitrogens with zero attached hydrogens (tertiary/aromatic N) is 2. The van der Waals surface area contributed by atoms with E-state index < -0.39 is 22.5 Å². The molecule has 2 rings (SSSR count). The Morgan fingerprint density at radius 2 is 2.11 bits per heavy atom. The highest BCUT2D eigenvalue weighted by Gasteiger charge is 2.18. The molecular weight excluding hydrogens is 462 g/mol. The summed E-state index contributed by atoms with van der Waals surface area (Å²) >= 11 is 3.21. The summed E-state index contributed by atoms with van der Waals surface area (Å²) in [4.78, 5) is 16.2. The summed E-state index contributed by atoms with van der Waals surface area (Å²) in [5.41, 5.74) is 0.104. The second-order valence-corrected chi connectivity index (χ2v) is 8.19. The molecule has 0 saturated heterocycles. The second kappa shape index (κ2) is 10.0. The van der Waals surface area contributed by atoms with Gasteiger partial charge in [-0.1, -0.05) is 0 Å². The Labute approximate surface area is 169 Å². The summed E-state index contributed by atoms with van der Waals surface area (Å²) in [5, 5.41) is 2.57. The maximum Gasteiger partial charge on any atom is 0.319 e. The van der Waals surface area contributed by atoms with Crippen molar-refractivity contribution in [2.24, 2.45) is 0 Å². The molecule has 1 amide bonds. The van der Waals surface area contributed by atoms with E-state index in [4.69, 9.17) is 4.74 Å². The standard InChI is InChI=1S/C16H19BrF2N4O4S/c1-27-9-7-22-28(25,26)11-2-3-13(17)12(10-11)15(24)21-5-4-14-20-6-8-23(14)16(18)19/h2-3,6,8,10,16,22H,4-5,7,9H2,1H3,(H,21,24). The van der Waals surface area contributed by atoms with E-state index in [1.54, 1.807) is 0 Å². The van der Waals surface area contributed by atoms with E-state index in [-0.39, 0.29) is 42.4 Å². The van der Waals surface area contributed by atoms with Crippen LogP contribution in [0, 0.1) is 0 Å². The number of alkyl halides is 2. The first-order valence-corrected chi connectivity index (χ1v) is 10.4. The summed E-state index contributed by atoms with van der Waals surface area (Å²) in [6.07, 6.45) is 2.51. The molecule has 0 aliphatic rings. The first-order chi connectivity index (χ1) is 13.3. The average Bonchev–Trinajstić information content (AvgIpc) is 3.10. The van der Waals surface area contributed by atoms with Crippen LogP contribution in [0.1, 0.15) is 22.7 Å². The summed E-state index contributed by atoms with van der Waals surface area (Å²) in [5.74, 6) is -0.413. The van der Waals surface area contributed by atoms with Crippen molar-refractivity contribution < 1.29 is 26.7 Å². The molecule has 2 N–H and O–H groups in total. The third kappa shape index (κ3) is 5.80. The lowest BCUT2D eigenvalue weighted by molar-refractivity contribution is 0.0670. The number of sulfonamides is 1. The molecule has 0 fully saturated rings. The Balaban J connectivity index is 2.05. The minimum Gasteiger partial charge on any atom is -0.383 e. The number of halogens is 3. The molecule has 1 heterocycles. The van der Waals surface area contributed by atoms with Crippen molar-refractivity contribution in [3.63, 3.8) is 0 Å². The fourth-order valence-corrected chi connectivity index (χ4v) is 3.77. The lowest BCUT2D eigenvalue weighted by Gasteiger charge is -2.11. The van der Waals surface area contributed by atoms with Crippen molar-refractivity contribution in [3.8, 4) is 0 Å². The number of methoxy groups -OCH3 is 1. The second-order valence-electron chi connectivity index (χ2n) is 5.57. The number of benzene rings is 1. The maximum absolute atomic E-state index is 12.8. The number of rotatable bonds is 10. The van der Waals surface area contributed by atoms with Gasteiger partial charge in [-0.2, -0.15) is 8.78 Å². The Bertz CT molecular complexity index is 921. The molecule has 2 aromatic rings. The van der Waals surface area contributed by atoms with Gasteiger partial charge in [-0.25, -0.2) is 18.1 Å². The number of amides is 1. The Hall–Kier alpha value is -1.89. The van der Waals surface area contributed by atoms with Crippen molar-refractivity contribution in [1.29, 1.82) is 0 Å². The molecule has 0 spiro atoms. The summed E-state index contributed by atoms with van der Waals surface area (Å²) < 4.78 is 58.4. The molecule has 0 saturated carbocycles. The van der Waals surface area contributed by atoms with Gasteiger partial charge in [0.15, 0.2) is 0 Å². The third-order valence-corrected chi connectivity index (χ3v) is 5.83. The van der Waals surface area contributed by atoms with Gasteiger partial charge in [-0.3, -0.25) is 9.36 Å². The molecule has 28 heavy (non-hydrogen) atoms. The third-order valence-electron chi connectivity index (χ3n) is 3.68. The van der Waals surface area contributed by atoms with Crippen LogP contribution in [0.3, 0.4) is 0 Å². The van der Waals surface area contributed by atoms with Crippen molar-refractivity contribution >= 4 is 31.9 Å². The van der Waals surface area contributed by atoms with Crippen molar-refractivity contribution in [2.75, 3.05) is 26.8 Å². The van der Waals surface area contributed by atoms with Crippen LogP contribution in [0.5, 0.6) is 0 Å².